The molecule has 1 amide bonds. The molecule has 1 aliphatic heterocycles. The molecule has 0 radical (unpaired) electrons. The molecule has 1 fully saturated rings. The molecular formula is C23H20ClN5O3S. The third-order valence-corrected chi connectivity index (χ3v) is 7.36. The maximum atomic E-state index is 13.1. The van der Waals surface area contributed by atoms with E-state index in [1.165, 1.54) is 22.5 Å². The first kappa shape index (κ1) is 22.7. The molecular weight excluding hydrogens is 462 g/mol. The lowest BCUT2D eigenvalue weighted by atomic mass is 10.2. The Morgan fingerprint density at radius 3 is 2.30 bits per heavy atom. The third kappa shape index (κ3) is 5.14. The molecule has 0 saturated carbocycles. The van der Waals surface area contributed by atoms with E-state index in [9.17, 15) is 13.2 Å². The van der Waals surface area contributed by atoms with E-state index in [2.05, 4.69) is 10.3 Å². The molecule has 0 atom stereocenters. The zero-order valence-corrected chi connectivity index (χ0v) is 19.1. The Bertz CT molecular complexity index is 1300. The first-order chi connectivity index (χ1) is 15.9. The van der Waals surface area contributed by atoms with Gasteiger partial charge in [0.1, 0.15) is 11.0 Å². The molecule has 0 unspecified atom stereocenters. The first-order valence-corrected chi connectivity index (χ1v) is 12.0. The smallest absolute Gasteiger partial charge is 0.255 e. The third-order valence-electron chi connectivity index (χ3n) is 5.26. The average molecular weight is 482 g/mol. The minimum Gasteiger partial charge on any atom is -0.354 e. The molecule has 2 aromatic carbocycles. The summed E-state index contributed by atoms with van der Waals surface area (Å²) in [6, 6.07) is 20.1. The SMILES string of the molecule is N#Cc1cc(Cl)nc(N2CCN(S(=O)(=O)c3ccc(NC(=O)c4ccccc4)cc3)CC2)c1. The molecule has 1 saturated heterocycles. The summed E-state index contributed by atoms with van der Waals surface area (Å²) < 4.78 is 27.6. The van der Waals surface area contributed by atoms with Gasteiger partial charge in [0.25, 0.3) is 5.91 Å². The van der Waals surface area contributed by atoms with Crippen molar-refractivity contribution in [3.63, 3.8) is 0 Å². The number of piperazine rings is 1. The highest BCUT2D eigenvalue weighted by atomic mass is 35.5. The number of halogens is 1. The maximum absolute atomic E-state index is 13.1. The van der Waals surface area contributed by atoms with Gasteiger partial charge >= 0.3 is 0 Å². The van der Waals surface area contributed by atoms with Gasteiger partial charge in [-0.2, -0.15) is 9.57 Å². The summed E-state index contributed by atoms with van der Waals surface area (Å²) in [4.78, 5) is 18.6. The highest BCUT2D eigenvalue weighted by Crippen LogP contribution is 2.23. The van der Waals surface area contributed by atoms with E-state index in [0.29, 0.717) is 35.7 Å². The summed E-state index contributed by atoms with van der Waals surface area (Å²) in [7, 11) is -3.69. The molecule has 168 valence electrons. The van der Waals surface area contributed by atoms with Crippen LogP contribution in [0.25, 0.3) is 0 Å². The topological polar surface area (TPSA) is 106 Å². The second-order valence-electron chi connectivity index (χ2n) is 7.38. The number of amides is 1. The number of anilines is 2. The quantitative estimate of drug-likeness (QED) is 0.560. The van der Waals surface area contributed by atoms with E-state index in [0.717, 1.165) is 0 Å². The summed E-state index contributed by atoms with van der Waals surface area (Å²) in [6.45, 7) is 1.38. The van der Waals surface area contributed by atoms with Crippen LogP contribution in [0.5, 0.6) is 0 Å². The Hall–Kier alpha value is -3.45. The fraction of sp³-hybridized carbons (Fsp3) is 0.174. The standard InChI is InChI=1S/C23H20ClN5O3S/c24-21-14-17(16-25)15-22(27-21)28-10-12-29(13-11-28)33(31,32)20-8-6-19(7-9-20)26-23(30)18-4-2-1-3-5-18/h1-9,14-15H,10-13H2,(H,26,30). The largest absolute Gasteiger partial charge is 0.354 e. The number of hydrogen-bond donors (Lipinski definition) is 1. The molecule has 1 N–H and O–H groups in total. The Labute approximate surface area is 197 Å². The zero-order chi connectivity index (χ0) is 23.4. The number of benzene rings is 2. The Morgan fingerprint density at radius 1 is 1.00 bits per heavy atom. The summed E-state index contributed by atoms with van der Waals surface area (Å²) >= 11 is 5.99. The lowest BCUT2D eigenvalue weighted by Crippen LogP contribution is -2.48. The monoisotopic (exact) mass is 481 g/mol. The summed E-state index contributed by atoms with van der Waals surface area (Å²) in [5.41, 5.74) is 1.43. The van der Waals surface area contributed by atoms with Gasteiger partial charge < -0.3 is 10.2 Å². The molecule has 3 aromatic rings. The van der Waals surface area contributed by atoms with Crippen LogP contribution in [0.15, 0.2) is 71.6 Å². The van der Waals surface area contributed by atoms with Crippen LogP contribution < -0.4 is 10.2 Å². The number of nitriles is 1. The van der Waals surface area contributed by atoms with Gasteiger partial charge in [-0.1, -0.05) is 29.8 Å². The van der Waals surface area contributed by atoms with Crippen molar-refractivity contribution in [1.29, 1.82) is 5.26 Å². The average Bonchev–Trinajstić information content (AvgIpc) is 2.84. The molecule has 10 heteroatoms. The highest BCUT2D eigenvalue weighted by Gasteiger charge is 2.29. The van der Waals surface area contributed by atoms with E-state index in [1.54, 1.807) is 42.5 Å². The second-order valence-corrected chi connectivity index (χ2v) is 9.71. The molecule has 33 heavy (non-hydrogen) atoms. The number of carbonyl (C=O) groups is 1. The van der Waals surface area contributed by atoms with Gasteiger partial charge in [0.15, 0.2) is 0 Å². The Kier molecular flexibility index (Phi) is 6.60. The van der Waals surface area contributed by atoms with E-state index >= 15 is 0 Å². The van der Waals surface area contributed by atoms with Crippen molar-refractivity contribution in [3.05, 3.63) is 83.0 Å². The highest BCUT2D eigenvalue weighted by molar-refractivity contribution is 7.89. The van der Waals surface area contributed by atoms with E-state index in [1.807, 2.05) is 17.0 Å². The van der Waals surface area contributed by atoms with Crippen molar-refractivity contribution in [3.8, 4) is 6.07 Å². The van der Waals surface area contributed by atoms with Gasteiger partial charge in [0, 0.05) is 37.4 Å². The van der Waals surface area contributed by atoms with Crippen LogP contribution in [0.4, 0.5) is 11.5 Å². The van der Waals surface area contributed by atoms with E-state index < -0.39 is 10.0 Å². The van der Waals surface area contributed by atoms with Gasteiger partial charge in [0.05, 0.1) is 16.5 Å². The predicted molar refractivity (Wildman–Crippen MR) is 126 cm³/mol. The van der Waals surface area contributed by atoms with Crippen LogP contribution >= 0.6 is 11.6 Å². The van der Waals surface area contributed by atoms with Crippen LogP contribution in [0.1, 0.15) is 15.9 Å². The van der Waals surface area contributed by atoms with Crippen LogP contribution in [-0.2, 0) is 10.0 Å². The van der Waals surface area contributed by atoms with Gasteiger partial charge in [-0.15, -0.1) is 0 Å². The van der Waals surface area contributed by atoms with Crippen LogP contribution in [-0.4, -0.2) is 49.8 Å². The molecule has 1 aliphatic rings. The fourth-order valence-electron chi connectivity index (χ4n) is 3.52. The van der Waals surface area contributed by atoms with Gasteiger partial charge in [-0.3, -0.25) is 4.79 Å². The lowest BCUT2D eigenvalue weighted by Gasteiger charge is -2.34. The van der Waals surface area contributed by atoms with Crippen molar-refractivity contribution in [1.82, 2.24) is 9.29 Å². The number of pyridine rings is 1. The van der Waals surface area contributed by atoms with Crippen molar-refractivity contribution in [2.45, 2.75) is 4.90 Å². The number of nitrogens with one attached hydrogen (secondary N) is 1. The second kappa shape index (κ2) is 9.58. The van der Waals surface area contributed by atoms with Crippen LogP contribution in [0.3, 0.4) is 0 Å². The molecule has 8 nitrogen and oxygen atoms in total. The van der Waals surface area contributed by atoms with Crippen LogP contribution in [0.2, 0.25) is 5.15 Å². The number of rotatable bonds is 5. The lowest BCUT2D eigenvalue weighted by molar-refractivity contribution is 0.102. The van der Waals surface area contributed by atoms with Crippen molar-refractivity contribution in [2.75, 3.05) is 36.4 Å². The molecule has 0 bridgehead atoms. The summed E-state index contributed by atoms with van der Waals surface area (Å²) in [6.07, 6.45) is 0. The number of sulfonamides is 1. The number of nitrogens with zero attached hydrogens (tertiary/aromatic N) is 4. The van der Waals surface area contributed by atoms with Crippen molar-refractivity contribution in [2.24, 2.45) is 0 Å². The van der Waals surface area contributed by atoms with Crippen molar-refractivity contribution < 1.29 is 13.2 Å². The molecule has 0 spiro atoms. The first-order valence-electron chi connectivity index (χ1n) is 10.2. The maximum Gasteiger partial charge on any atom is 0.255 e. The van der Waals surface area contributed by atoms with Gasteiger partial charge in [-0.25, -0.2) is 13.4 Å². The van der Waals surface area contributed by atoms with Gasteiger partial charge in [-0.05, 0) is 48.5 Å². The number of carbonyl (C=O) groups excluding carboxylic acids is 1. The number of hydrogen-bond acceptors (Lipinski definition) is 6. The molecule has 0 aliphatic carbocycles. The van der Waals surface area contributed by atoms with Gasteiger partial charge in [0.2, 0.25) is 10.0 Å². The molecule has 1 aromatic heterocycles. The predicted octanol–water partition coefficient (Wildman–Crippen LogP) is 3.37. The van der Waals surface area contributed by atoms with Crippen molar-refractivity contribution >= 4 is 39.0 Å². The summed E-state index contributed by atoms with van der Waals surface area (Å²) in [5.74, 6) is 0.283. The molecule has 4 rings (SSSR count). The Morgan fingerprint density at radius 2 is 1.67 bits per heavy atom. The van der Waals surface area contributed by atoms with E-state index in [-0.39, 0.29) is 29.0 Å². The zero-order valence-electron chi connectivity index (χ0n) is 17.5. The van der Waals surface area contributed by atoms with E-state index in [4.69, 9.17) is 16.9 Å². The minimum atomic E-state index is -3.69. The molecule has 2 heterocycles. The number of aromatic nitrogens is 1. The normalized spacial score (nSPS) is 14.5. The Balaban J connectivity index is 1.41. The summed E-state index contributed by atoms with van der Waals surface area (Å²) in [5, 5.41) is 12.1. The fourth-order valence-corrected chi connectivity index (χ4v) is 5.15. The minimum absolute atomic E-state index is 0.154. The van der Waals surface area contributed by atoms with Crippen LogP contribution in [0, 0.1) is 11.3 Å².